The SMILES string of the molecule is CN(C)c1cccc(-c2nc3nccnc3[nH]2)c1. The van der Waals surface area contributed by atoms with E-state index >= 15 is 0 Å². The van der Waals surface area contributed by atoms with Crippen molar-refractivity contribution in [2.45, 2.75) is 0 Å². The average Bonchev–Trinajstić information content (AvgIpc) is 2.82. The fraction of sp³-hybridized carbons (Fsp3) is 0.154. The molecular formula is C13H13N5. The van der Waals surface area contributed by atoms with Gasteiger partial charge in [-0.3, -0.25) is 0 Å². The zero-order valence-corrected chi connectivity index (χ0v) is 10.3. The summed E-state index contributed by atoms with van der Waals surface area (Å²) in [6.07, 6.45) is 3.30. The van der Waals surface area contributed by atoms with Crippen LogP contribution in [0.2, 0.25) is 0 Å². The molecule has 2 aromatic heterocycles. The van der Waals surface area contributed by atoms with Crippen molar-refractivity contribution in [3.63, 3.8) is 0 Å². The second-order valence-electron chi connectivity index (χ2n) is 4.26. The summed E-state index contributed by atoms with van der Waals surface area (Å²) in [7, 11) is 4.03. The highest BCUT2D eigenvalue weighted by molar-refractivity contribution is 5.73. The Morgan fingerprint density at radius 3 is 2.72 bits per heavy atom. The number of fused-ring (bicyclic) bond motifs is 1. The van der Waals surface area contributed by atoms with Crippen molar-refractivity contribution >= 4 is 17.0 Å². The Kier molecular flexibility index (Phi) is 2.44. The number of nitrogens with one attached hydrogen (secondary N) is 1. The van der Waals surface area contributed by atoms with E-state index in [0.717, 1.165) is 17.1 Å². The number of imidazole rings is 1. The van der Waals surface area contributed by atoms with Crippen molar-refractivity contribution in [2.75, 3.05) is 19.0 Å². The Balaban J connectivity index is 2.11. The van der Waals surface area contributed by atoms with Crippen molar-refractivity contribution < 1.29 is 0 Å². The molecule has 1 N–H and O–H groups in total. The summed E-state index contributed by atoms with van der Waals surface area (Å²) in [6.45, 7) is 0. The number of aromatic nitrogens is 4. The molecule has 90 valence electrons. The molecule has 0 atom stereocenters. The Labute approximate surface area is 105 Å². The number of H-pyrrole nitrogens is 1. The molecule has 3 aromatic rings. The molecule has 2 heterocycles. The van der Waals surface area contributed by atoms with Gasteiger partial charge in [0.25, 0.3) is 0 Å². The van der Waals surface area contributed by atoms with Gasteiger partial charge in [-0.1, -0.05) is 12.1 Å². The van der Waals surface area contributed by atoms with Gasteiger partial charge in [-0.05, 0) is 12.1 Å². The van der Waals surface area contributed by atoms with Crippen LogP contribution in [0.15, 0.2) is 36.7 Å². The minimum atomic E-state index is 0.641. The molecule has 18 heavy (non-hydrogen) atoms. The molecule has 0 spiro atoms. The van der Waals surface area contributed by atoms with Crippen LogP contribution >= 0.6 is 0 Å². The lowest BCUT2D eigenvalue weighted by Crippen LogP contribution is -2.08. The molecular weight excluding hydrogens is 226 g/mol. The van der Waals surface area contributed by atoms with Crippen LogP contribution in [0.4, 0.5) is 5.69 Å². The van der Waals surface area contributed by atoms with Gasteiger partial charge in [-0.25, -0.2) is 15.0 Å². The zero-order valence-electron chi connectivity index (χ0n) is 10.3. The minimum absolute atomic E-state index is 0.641. The van der Waals surface area contributed by atoms with Gasteiger partial charge in [0.15, 0.2) is 11.3 Å². The largest absolute Gasteiger partial charge is 0.378 e. The molecule has 0 aliphatic rings. The molecule has 0 fully saturated rings. The van der Waals surface area contributed by atoms with E-state index in [1.807, 2.05) is 26.2 Å². The number of hydrogen-bond donors (Lipinski definition) is 1. The number of benzene rings is 1. The van der Waals surface area contributed by atoms with Crippen molar-refractivity contribution in [1.29, 1.82) is 0 Å². The predicted molar refractivity (Wildman–Crippen MR) is 71.4 cm³/mol. The molecule has 0 radical (unpaired) electrons. The summed E-state index contributed by atoms with van der Waals surface area (Å²) in [5.41, 5.74) is 3.51. The first-order valence-electron chi connectivity index (χ1n) is 5.68. The van der Waals surface area contributed by atoms with Crippen molar-refractivity contribution in [2.24, 2.45) is 0 Å². The van der Waals surface area contributed by atoms with E-state index < -0.39 is 0 Å². The third-order valence-electron chi connectivity index (χ3n) is 2.77. The number of anilines is 1. The van der Waals surface area contributed by atoms with Crippen molar-refractivity contribution in [3.05, 3.63) is 36.7 Å². The van der Waals surface area contributed by atoms with Crippen LogP contribution in [-0.4, -0.2) is 34.0 Å². The Bertz CT molecular complexity index is 653. The summed E-state index contributed by atoms with van der Waals surface area (Å²) < 4.78 is 0. The molecule has 0 amide bonds. The van der Waals surface area contributed by atoms with E-state index in [0.29, 0.717) is 11.3 Å². The summed E-state index contributed by atoms with van der Waals surface area (Å²) in [4.78, 5) is 18.0. The third kappa shape index (κ3) is 1.79. The van der Waals surface area contributed by atoms with Gasteiger partial charge < -0.3 is 9.88 Å². The lowest BCUT2D eigenvalue weighted by atomic mass is 10.2. The maximum Gasteiger partial charge on any atom is 0.197 e. The number of hydrogen-bond acceptors (Lipinski definition) is 4. The van der Waals surface area contributed by atoms with Crippen molar-refractivity contribution in [3.8, 4) is 11.4 Å². The summed E-state index contributed by atoms with van der Waals surface area (Å²) >= 11 is 0. The molecule has 0 aliphatic heterocycles. The second-order valence-corrected chi connectivity index (χ2v) is 4.26. The maximum absolute atomic E-state index is 4.44. The van der Waals surface area contributed by atoms with E-state index in [4.69, 9.17) is 0 Å². The quantitative estimate of drug-likeness (QED) is 0.744. The van der Waals surface area contributed by atoms with Crippen LogP contribution < -0.4 is 4.90 Å². The van der Waals surface area contributed by atoms with Crippen LogP contribution in [0.5, 0.6) is 0 Å². The van der Waals surface area contributed by atoms with Gasteiger partial charge in [-0.2, -0.15) is 0 Å². The Morgan fingerprint density at radius 2 is 1.94 bits per heavy atom. The summed E-state index contributed by atoms with van der Waals surface area (Å²) in [5, 5.41) is 0. The Morgan fingerprint density at radius 1 is 1.11 bits per heavy atom. The van der Waals surface area contributed by atoms with Crippen LogP contribution in [0.1, 0.15) is 0 Å². The monoisotopic (exact) mass is 239 g/mol. The molecule has 0 saturated carbocycles. The van der Waals surface area contributed by atoms with E-state index in [2.05, 4.69) is 37.0 Å². The van der Waals surface area contributed by atoms with Gasteiger partial charge in [0, 0.05) is 37.7 Å². The lowest BCUT2D eigenvalue weighted by Gasteiger charge is -2.12. The molecule has 0 aliphatic carbocycles. The van der Waals surface area contributed by atoms with Crippen LogP contribution in [0.3, 0.4) is 0 Å². The molecule has 1 aromatic carbocycles. The Hall–Kier alpha value is -2.43. The number of rotatable bonds is 2. The van der Waals surface area contributed by atoms with Crippen LogP contribution in [-0.2, 0) is 0 Å². The highest BCUT2D eigenvalue weighted by atomic mass is 15.1. The first-order valence-corrected chi connectivity index (χ1v) is 5.68. The lowest BCUT2D eigenvalue weighted by molar-refractivity contribution is 1.13. The van der Waals surface area contributed by atoms with Gasteiger partial charge >= 0.3 is 0 Å². The topological polar surface area (TPSA) is 57.7 Å². The summed E-state index contributed by atoms with van der Waals surface area (Å²) in [5.74, 6) is 0.792. The fourth-order valence-corrected chi connectivity index (χ4v) is 1.81. The molecule has 0 bridgehead atoms. The minimum Gasteiger partial charge on any atom is -0.378 e. The molecule has 5 heteroatoms. The number of aromatic amines is 1. The highest BCUT2D eigenvalue weighted by Gasteiger charge is 2.07. The smallest absolute Gasteiger partial charge is 0.197 e. The maximum atomic E-state index is 4.44. The highest BCUT2D eigenvalue weighted by Crippen LogP contribution is 2.22. The molecule has 5 nitrogen and oxygen atoms in total. The third-order valence-corrected chi connectivity index (χ3v) is 2.77. The fourth-order valence-electron chi connectivity index (χ4n) is 1.81. The standard InChI is InChI=1S/C13H13N5/c1-18(2)10-5-3-4-9(8-10)11-16-12-13(17-11)15-7-6-14-12/h3-8H,1-2H3,(H,14,15,16,17). The summed E-state index contributed by atoms with van der Waals surface area (Å²) in [6, 6.07) is 8.17. The van der Waals surface area contributed by atoms with Gasteiger partial charge in [-0.15, -0.1) is 0 Å². The normalized spacial score (nSPS) is 10.8. The van der Waals surface area contributed by atoms with E-state index in [9.17, 15) is 0 Å². The van der Waals surface area contributed by atoms with Gasteiger partial charge in [0.05, 0.1) is 0 Å². The van der Waals surface area contributed by atoms with Gasteiger partial charge in [0.1, 0.15) is 5.82 Å². The molecule has 3 rings (SSSR count). The molecule has 0 saturated heterocycles. The first kappa shape index (κ1) is 10.7. The molecule has 0 unspecified atom stereocenters. The van der Waals surface area contributed by atoms with Gasteiger partial charge in [0.2, 0.25) is 0 Å². The van der Waals surface area contributed by atoms with Crippen LogP contribution in [0, 0.1) is 0 Å². The second kappa shape index (κ2) is 4.10. The van der Waals surface area contributed by atoms with E-state index in [1.54, 1.807) is 12.4 Å². The zero-order chi connectivity index (χ0) is 12.5. The number of nitrogens with zero attached hydrogens (tertiary/aromatic N) is 4. The van der Waals surface area contributed by atoms with Crippen molar-refractivity contribution in [1.82, 2.24) is 19.9 Å². The van der Waals surface area contributed by atoms with E-state index in [-0.39, 0.29) is 0 Å². The van der Waals surface area contributed by atoms with Crippen LogP contribution in [0.25, 0.3) is 22.7 Å². The average molecular weight is 239 g/mol. The first-order chi connectivity index (χ1) is 8.74. The predicted octanol–water partition coefficient (Wildman–Crippen LogP) is 2.09. The van der Waals surface area contributed by atoms with E-state index in [1.165, 1.54) is 0 Å².